The molecular weight excluding hydrogens is 316 g/mol. The third-order valence-electron chi connectivity index (χ3n) is 4.19. The Balaban J connectivity index is 1.82. The van der Waals surface area contributed by atoms with Gasteiger partial charge in [0.2, 0.25) is 0 Å². The zero-order chi connectivity index (χ0) is 16.8. The predicted molar refractivity (Wildman–Crippen MR) is 91.0 cm³/mol. The zero-order valence-corrected chi connectivity index (χ0v) is 14.5. The van der Waals surface area contributed by atoms with E-state index in [0.717, 1.165) is 31.5 Å². The predicted octanol–water partition coefficient (Wildman–Crippen LogP) is 1.85. The molecular formula is C17H25ClN2O3. The average molecular weight is 341 g/mol. The second-order valence-corrected chi connectivity index (χ2v) is 6.47. The number of amides is 1. The van der Waals surface area contributed by atoms with E-state index >= 15 is 0 Å². The first-order valence-corrected chi connectivity index (χ1v) is 8.34. The van der Waals surface area contributed by atoms with Gasteiger partial charge in [0.05, 0.1) is 23.3 Å². The molecule has 1 aromatic rings. The molecule has 1 heterocycles. The number of carbonyl (C=O) groups is 1. The summed E-state index contributed by atoms with van der Waals surface area (Å²) in [5.74, 6) is -0.114. The van der Waals surface area contributed by atoms with Gasteiger partial charge in [0.1, 0.15) is 0 Å². The Labute approximate surface area is 142 Å². The standard InChI is InChI=1S/C17H25ClN2O3/c1-12-4-3-5-15(16(12)18)17(22)19-13-6-8-20(9-7-13)10-14(21)11-23-2/h3-5,13-14,21H,6-11H2,1-2H3,(H,19,22). The van der Waals surface area contributed by atoms with E-state index in [1.807, 2.05) is 19.1 Å². The minimum atomic E-state index is -0.461. The third-order valence-corrected chi connectivity index (χ3v) is 4.69. The molecule has 5 nitrogen and oxygen atoms in total. The summed E-state index contributed by atoms with van der Waals surface area (Å²) in [4.78, 5) is 14.6. The molecule has 1 saturated heterocycles. The van der Waals surface area contributed by atoms with Gasteiger partial charge in [-0.3, -0.25) is 4.79 Å². The molecule has 0 aliphatic carbocycles. The molecule has 6 heteroatoms. The summed E-state index contributed by atoms with van der Waals surface area (Å²) in [6.07, 6.45) is 1.28. The van der Waals surface area contributed by atoms with Crippen LogP contribution in [0, 0.1) is 6.92 Å². The maximum absolute atomic E-state index is 12.4. The molecule has 0 bridgehead atoms. The Morgan fingerprint density at radius 2 is 2.17 bits per heavy atom. The zero-order valence-electron chi connectivity index (χ0n) is 13.7. The van der Waals surface area contributed by atoms with Crippen molar-refractivity contribution >= 4 is 17.5 Å². The summed E-state index contributed by atoms with van der Waals surface area (Å²) in [5.41, 5.74) is 1.44. The number of hydrogen-bond acceptors (Lipinski definition) is 4. The lowest BCUT2D eigenvalue weighted by Crippen LogP contribution is -2.47. The Hall–Kier alpha value is -1.14. The van der Waals surface area contributed by atoms with E-state index in [1.54, 1.807) is 13.2 Å². The van der Waals surface area contributed by atoms with Crippen molar-refractivity contribution in [1.82, 2.24) is 10.2 Å². The van der Waals surface area contributed by atoms with Crippen LogP contribution >= 0.6 is 11.6 Å². The number of methoxy groups -OCH3 is 1. The van der Waals surface area contributed by atoms with E-state index in [-0.39, 0.29) is 11.9 Å². The number of nitrogens with zero attached hydrogens (tertiary/aromatic N) is 1. The van der Waals surface area contributed by atoms with Crippen molar-refractivity contribution in [2.24, 2.45) is 0 Å². The Morgan fingerprint density at radius 3 is 2.83 bits per heavy atom. The second kappa shape index (κ2) is 8.64. The summed E-state index contributed by atoms with van der Waals surface area (Å²) in [5, 5.41) is 13.4. The van der Waals surface area contributed by atoms with E-state index in [0.29, 0.717) is 23.7 Å². The normalized spacial score (nSPS) is 17.9. The van der Waals surface area contributed by atoms with Gasteiger partial charge < -0.3 is 20.1 Å². The highest BCUT2D eigenvalue weighted by atomic mass is 35.5. The number of β-amino-alcohol motifs (C(OH)–C–C–N with tert-alkyl or cyclic N) is 1. The Kier molecular flexibility index (Phi) is 6.84. The highest BCUT2D eigenvalue weighted by Gasteiger charge is 2.23. The fraction of sp³-hybridized carbons (Fsp3) is 0.588. The van der Waals surface area contributed by atoms with Crippen molar-refractivity contribution in [3.8, 4) is 0 Å². The van der Waals surface area contributed by atoms with E-state index in [4.69, 9.17) is 16.3 Å². The van der Waals surface area contributed by atoms with Gasteiger partial charge in [0.15, 0.2) is 0 Å². The van der Waals surface area contributed by atoms with Crippen LogP contribution in [0.25, 0.3) is 0 Å². The van der Waals surface area contributed by atoms with Crippen molar-refractivity contribution in [2.75, 3.05) is 33.4 Å². The van der Waals surface area contributed by atoms with Gasteiger partial charge in [-0.2, -0.15) is 0 Å². The highest BCUT2D eigenvalue weighted by Crippen LogP contribution is 2.21. The topological polar surface area (TPSA) is 61.8 Å². The number of aryl methyl sites for hydroxylation is 1. The summed E-state index contributed by atoms with van der Waals surface area (Å²) in [6, 6.07) is 5.63. The monoisotopic (exact) mass is 340 g/mol. The maximum Gasteiger partial charge on any atom is 0.253 e. The van der Waals surface area contributed by atoms with Gasteiger partial charge in [-0.05, 0) is 31.4 Å². The quantitative estimate of drug-likeness (QED) is 0.829. The third kappa shape index (κ3) is 5.18. The molecule has 0 saturated carbocycles. The van der Waals surface area contributed by atoms with Gasteiger partial charge in [0, 0.05) is 32.8 Å². The summed E-state index contributed by atoms with van der Waals surface area (Å²) in [6.45, 7) is 4.56. The lowest BCUT2D eigenvalue weighted by Gasteiger charge is -2.33. The smallest absolute Gasteiger partial charge is 0.253 e. The Bertz CT molecular complexity index is 531. The number of carbonyl (C=O) groups excluding carboxylic acids is 1. The number of ether oxygens (including phenoxy) is 1. The lowest BCUT2D eigenvalue weighted by atomic mass is 10.0. The van der Waals surface area contributed by atoms with Crippen molar-refractivity contribution in [1.29, 1.82) is 0 Å². The largest absolute Gasteiger partial charge is 0.389 e. The molecule has 0 radical (unpaired) electrons. The fourth-order valence-corrected chi connectivity index (χ4v) is 3.10. The first kappa shape index (κ1) is 18.2. The van der Waals surface area contributed by atoms with E-state index in [1.165, 1.54) is 0 Å². The van der Waals surface area contributed by atoms with Crippen molar-refractivity contribution in [3.05, 3.63) is 34.3 Å². The molecule has 1 aliphatic heterocycles. The molecule has 23 heavy (non-hydrogen) atoms. The molecule has 1 amide bonds. The minimum absolute atomic E-state index is 0.114. The van der Waals surface area contributed by atoms with Crippen LogP contribution in [0.1, 0.15) is 28.8 Å². The minimum Gasteiger partial charge on any atom is -0.389 e. The van der Waals surface area contributed by atoms with Crippen LogP contribution in [0.3, 0.4) is 0 Å². The molecule has 2 N–H and O–H groups in total. The number of aliphatic hydroxyl groups excluding tert-OH is 1. The van der Waals surface area contributed by atoms with Gasteiger partial charge in [-0.15, -0.1) is 0 Å². The van der Waals surface area contributed by atoms with Gasteiger partial charge in [-0.1, -0.05) is 23.7 Å². The first-order chi connectivity index (χ1) is 11.0. The molecule has 0 spiro atoms. The number of piperidine rings is 1. The number of hydrogen-bond donors (Lipinski definition) is 2. The number of aliphatic hydroxyl groups is 1. The fourth-order valence-electron chi connectivity index (χ4n) is 2.89. The highest BCUT2D eigenvalue weighted by molar-refractivity contribution is 6.34. The van der Waals surface area contributed by atoms with Crippen LogP contribution in [-0.2, 0) is 4.74 Å². The molecule has 1 atom stereocenters. The maximum atomic E-state index is 12.4. The van der Waals surface area contributed by atoms with Crippen LogP contribution in [0.15, 0.2) is 18.2 Å². The van der Waals surface area contributed by atoms with E-state index in [9.17, 15) is 9.90 Å². The summed E-state index contributed by atoms with van der Waals surface area (Å²) < 4.78 is 4.94. The van der Waals surface area contributed by atoms with Crippen LogP contribution < -0.4 is 5.32 Å². The lowest BCUT2D eigenvalue weighted by molar-refractivity contribution is 0.0309. The first-order valence-electron chi connectivity index (χ1n) is 7.96. The van der Waals surface area contributed by atoms with Crippen molar-refractivity contribution < 1.29 is 14.6 Å². The molecule has 1 fully saturated rings. The molecule has 0 aromatic heterocycles. The number of nitrogens with one attached hydrogen (secondary N) is 1. The molecule has 1 aliphatic rings. The van der Waals surface area contributed by atoms with Crippen LogP contribution in [0.2, 0.25) is 5.02 Å². The van der Waals surface area contributed by atoms with E-state index < -0.39 is 6.10 Å². The van der Waals surface area contributed by atoms with Crippen LogP contribution in [0.4, 0.5) is 0 Å². The van der Waals surface area contributed by atoms with Gasteiger partial charge >= 0.3 is 0 Å². The molecule has 128 valence electrons. The van der Waals surface area contributed by atoms with Crippen LogP contribution in [0.5, 0.6) is 0 Å². The summed E-state index contributed by atoms with van der Waals surface area (Å²) in [7, 11) is 1.58. The number of halogens is 1. The van der Waals surface area contributed by atoms with Crippen molar-refractivity contribution in [3.63, 3.8) is 0 Å². The molecule has 1 unspecified atom stereocenters. The summed E-state index contributed by atoms with van der Waals surface area (Å²) >= 11 is 6.21. The molecule has 2 rings (SSSR count). The van der Waals surface area contributed by atoms with Gasteiger partial charge in [0.25, 0.3) is 5.91 Å². The Morgan fingerprint density at radius 1 is 1.48 bits per heavy atom. The molecule has 1 aromatic carbocycles. The number of benzene rings is 1. The van der Waals surface area contributed by atoms with Crippen LogP contribution in [-0.4, -0.2) is 61.4 Å². The number of rotatable bonds is 6. The van der Waals surface area contributed by atoms with Crippen molar-refractivity contribution in [2.45, 2.75) is 31.9 Å². The van der Waals surface area contributed by atoms with E-state index in [2.05, 4.69) is 10.2 Å². The second-order valence-electron chi connectivity index (χ2n) is 6.09. The number of likely N-dealkylation sites (tertiary alicyclic amines) is 1. The SMILES string of the molecule is COCC(O)CN1CCC(NC(=O)c2cccc(C)c2Cl)CC1. The van der Waals surface area contributed by atoms with Gasteiger partial charge in [-0.25, -0.2) is 0 Å². The average Bonchev–Trinajstić information content (AvgIpc) is 2.52.